The van der Waals surface area contributed by atoms with E-state index in [-0.39, 0.29) is 11.5 Å². The van der Waals surface area contributed by atoms with Gasteiger partial charge in [0.25, 0.3) is 0 Å². The molecule has 2 aliphatic carbocycles. The van der Waals surface area contributed by atoms with Crippen LogP contribution in [0.4, 0.5) is 9.18 Å². The molecule has 1 saturated carbocycles. The molecular weight excluding hydrogens is 339 g/mol. The molecule has 1 saturated heterocycles. The van der Waals surface area contributed by atoms with Crippen molar-refractivity contribution in [1.82, 2.24) is 9.80 Å². The van der Waals surface area contributed by atoms with E-state index in [2.05, 4.69) is 0 Å². The number of hydrogen-bond acceptors (Lipinski definition) is 4. The van der Waals surface area contributed by atoms with Crippen LogP contribution in [0.25, 0.3) is 0 Å². The molecule has 0 aromatic rings. The highest BCUT2D eigenvalue weighted by Gasteiger charge is 2.57. The van der Waals surface area contributed by atoms with Crippen LogP contribution in [-0.4, -0.2) is 53.2 Å². The fourth-order valence-electron chi connectivity index (χ4n) is 4.04. The number of barbiturate groups is 1. The largest absolute Gasteiger partial charge is 0.333 e. The van der Waals surface area contributed by atoms with Gasteiger partial charge in [0.05, 0.1) is 6.54 Å². The first-order chi connectivity index (χ1) is 12.3. The van der Waals surface area contributed by atoms with Crippen molar-refractivity contribution in [2.75, 3.05) is 13.6 Å². The lowest BCUT2D eigenvalue weighted by atomic mass is 9.72. The lowest BCUT2D eigenvalue weighted by Crippen LogP contribution is -2.65. The Morgan fingerprint density at radius 1 is 1.23 bits per heavy atom. The van der Waals surface area contributed by atoms with Gasteiger partial charge in [-0.3, -0.25) is 24.2 Å². The highest BCUT2D eigenvalue weighted by molar-refractivity contribution is 6.20. The number of halogens is 1. The van der Waals surface area contributed by atoms with Gasteiger partial charge >= 0.3 is 6.03 Å². The molecule has 0 N–H and O–H groups in total. The molecule has 3 rings (SSSR count). The van der Waals surface area contributed by atoms with E-state index in [0.29, 0.717) is 0 Å². The number of carbonyl (C=O) groups excluding carboxylic acids is 4. The van der Waals surface area contributed by atoms with Gasteiger partial charge < -0.3 is 0 Å². The van der Waals surface area contributed by atoms with Gasteiger partial charge in [0.1, 0.15) is 11.6 Å². The zero-order valence-corrected chi connectivity index (χ0v) is 14.9. The number of imide groups is 2. The maximum Gasteiger partial charge on any atom is 0.333 e. The molecule has 0 aromatic carbocycles. The van der Waals surface area contributed by atoms with E-state index in [1.54, 1.807) is 6.92 Å². The minimum Gasteiger partial charge on any atom is -0.292 e. The summed E-state index contributed by atoms with van der Waals surface area (Å²) in [7, 11) is 1.33. The second-order valence-corrected chi connectivity index (χ2v) is 7.26. The van der Waals surface area contributed by atoms with Gasteiger partial charge in [-0.1, -0.05) is 25.0 Å². The molecule has 26 heavy (non-hydrogen) atoms. The Hall–Kier alpha value is -2.31. The second kappa shape index (κ2) is 6.78. The molecule has 3 aliphatic rings. The number of carbonyl (C=O) groups is 4. The van der Waals surface area contributed by atoms with E-state index in [1.807, 2.05) is 0 Å². The zero-order valence-electron chi connectivity index (χ0n) is 14.9. The number of nitrogens with zero attached hydrogens (tertiary/aromatic N) is 2. The predicted octanol–water partition coefficient (Wildman–Crippen LogP) is 2.21. The lowest BCUT2D eigenvalue weighted by molar-refractivity contribution is -0.161. The van der Waals surface area contributed by atoms with Gasteiger partial charge in [-0.15, -0.1) is 0 Å². The zero-order chi connectivity index (χ0) is 19.1. The van der Waals surface area contributed by atoms with E-state index < -0.39 is 41.8 Å². The highest BCUT2D eigenvalue weighted by Crippen LogP contribution is 2.44. The van der Waals surface area contributed by atoms with Gasteiger partial charge in [-0.05, 0) is 31.8 Å². The number of alkyl halides is 1. The van der Waals surface area contributed by atoms with Crippen molar-refractivity contribution < 1.29 is 23.6 Å². The molecule has 6 nitrogen and oxygen atoms in total. The van der Waals surface area contributed by atoms with Crippen molar-refractivity contribution in [2.24, 2.45) is 11.3 Å². The number of Topliss-reactive ketones (excluding diaryl/α,β-unsaturated/α-hetero) is 1. The van der Waals surface area contributed by atoms with E-state index >= 15 is 0 Å². The second-order valence-electron chi connectivity index (χ2n) is 7.26. The monoisotopic (exact) mass is 361 g/mol. The minimum atomic E-state index is -1.38. The fraction of sp³-hybridized carbons (Fsp3) is 0.526. The third-order valence-electron chi connectivity index (χ3n) is 5.66. The summed E-state index contributed by atoms with van der Waals surface area (Å²) in [5, 5.41) is 0. The lowest BCUT2D eigenvalue weighted by Gasteiger charge is -2.43. The topological polar surface area (TPSA) is 74.8 Å². The summed E-state index contributed by atoms with van der Waals surface area (Å²) in [6, 6.07) is -0.812. The summed E-state index contributed by atoms with van der Waals surface area (Å²) in [6.45, 7) is 1.07. The van der Waals surface area contributed by atoms with Crippen LogP contribution in [0.5, 0.6) is 0 Å². The number of allylic oxidation sites excluding steroid dienone is 3. The molecule has 2 unspecified atom stereocenters. The van der Waals surface area contributed by atoms with Crippen molar-refractivity contribution in [3.8, 4) is 0 Å². The van der Waals surface area contributed by atoms with Crippen molar-refractivity contribution in [2.45, 2.75) is 38.8 Å². The summed E-state index contributed by atoms with van der Waals surface area (Å²) in [6.07, 6.45) is 7.28. The summed E-state index contributed by atoms with van der Waals surface area (Å²) in [5.74, 6) is -1.82. The Balaban J connectivity index is 1.87. The van der Waals surface area contributed by atoms with E-state index in [0.717, 1.165) is 41.6 Å². The molecular formula is C19H22FN2O4. The maximum absolute atomic E-state index is 13.4. The normalized spacial score (nSPS) is 30.2. The van der Waals surface area contributed by atoms with Gasteiger partial charge in [-0.2, -0.15) is 0 Å². The van der Waals surface area contributed by atoms with Crippen molar-refractivity contribution in [3.05, 3.63) is 30.2 Å². The summed E-state index contributed by atoms with van der Waals surface area (Å²) >= 11 is 0. The summed E-state index contributed by atoms with van der Waals surface area (Å²) in [5.41, 5.74) is -1.23. The first kappa shape index (κ1) is 18.5. The molecule has 0 spiro atoms. The van der Waals surface area contributed by atoms with Crippen LogP contribution in [0.1, 0.15) is 32.6 Å². The van der Waals surface area contributed by atoms with E-state index in [1.165, 1.54) is 25.6 Å². The minimum absolute atomic E-state index is 0.114. The fourth-order valence-corrected chi connectivity index (χ4v) is 4.04. The Bertz CT molecular complexity index is 723. The number of rotatable bonds is 4. The number of hydrogen-bond donors (Lipinski definition) is 0. The highest BCUT2D eigenvalue weighted by atomic mass is 19.1. The Morgan fingerprint density at radius 2 is 1.88 bits per heavy atom. The molecule has 4 amide bonds. The molecule has 2 atom stereocenters. The van der Waals surface area contributed by atoms with Crippen molar-refractivity contribution >= 4 is 23.6 Å². The number of ketones is 1. The first-order valence-corrected chi connectivity index (χ1v) is 8.81. The number of urea groups is 1. The third-order valence-corrected chi connectivity index (χ3v) is 5.66. The SMILES string of the molecule is CN1C(=O)N(CC(=O)C2=CC(F)[CH]C=C2)C(=O)C(C)(C2CCCC2)C1=O. The smallest absolute Gasteiger partial charge is 0.292 e. The van der Waals surface area contributed by atoms with Crippen LogP contribution in [-0.2, 0) is 14.4 Å². The van der Waals surface area contributed by atoms with Crippen molar-refractivity contribution in [3.63, 3.8) is 0 Å². The van der Waals surface area contributed by atoms with Gasteiger partial charge in [0, 0.05) is 19.0 Å². The van der Waals surface area contributed by atoms with Crippen LogP contribution in [0.2, 0.25) is 0 Å². The molecule has 1 heterocycles. The van der Waals surface area contributed by atoms with Crippen molar-refractivity contribution in [1.29, 1.82) is 0 Å². The number of amides is 4. The van der Waals surface area contributed by atoms with Gasteiger partial charge in [0.15, 0.2) is 5.78 Å². The van der Waals surface area contributed by atoms with E-state index in [9.17, 15) is 23.6 Å². The average molecular weight is 361 g/mol. The molecule has 1 radical (unpaired) electrons. The molecule has 7 heteroatoms. The molecule has 1 aliphatic heterocycles. The molecule has 2 fully saturated rings. The quantitative estimate of drug-likeness (QED) is 0.720. The Kier molecular flexibility index (Phi) is 4.82. The van der Waals surface area contributed by atoms with Crippen LogP contribution in [0, 0.1) is 17.8 Å². The van der Waals surface area contributed by atoms with Crippen LogP contribution >= 0.6 is 0 Å². The Labute approximate surface area is 151 Å². The van der Waals surface area contributed by atoms with E-state index in [4.69, 9.17) is 0 Å². The molecule has 0 aromatic heterocycles. The first-order valence-electron chi connectivity index (χ1n) is 8.81. The van der Waals surface area contributed by atoms with Crippen LogP contribution in [0.15, 0.2) is 23.8 Å². The maximum atomic E-state index is 13.4. The Morgan fingerprint density at radius 3 is 2.50 bits per heavy atom. The van der Waals surface area contributed by atoms with Gasteiger partial charge in [-0.25, -0.2) is 9.18 Å². The average Bonchev–Trinajstić information content (AvgIpc) is 3.17. The van der Waals surface area contributed by atoms with Crippen LogP contribution in [0.3, 0.4) is 0 Å². The standard InChI is InChI=1S/C19H22FN2O4/c1-19(13-7-3-4-8-13)16(24)21(2)18(26)22(17(19)25)11-15(23)12-6-5-9-14(20)10-12/h5-6,9-10,13-14H,3-4,7-8,11H2,1-2H3. The molecule has 0 bridgehead atoms. The van der Waals surface area contributed by atoms with Crippen LogP contribution < -0.4 is 0 Å². The van der Waals surface area contributed by atoms with Gasteiger partial charge in [0.2, 0.25) is 11.8 Å². The summed E-state index contributed by atoms with van der Waals surface area (Å²) < 4.78 is 13.4. The summed E-state index contributed by atoms with van der Waals surface area (Å²) in [4.78, 5) is 52.5. The third kappa shape index (κ3) is 2.89. The molecule has 139 valence electrons. The predicted molar refractivity (Wildman–Crippen MR) is 91.4 cm³/mol.